The molecule has 0 aliphatic carbocycles. The second-order valence-electron chi connectivity index (χ2n) is 3.72. The molecule has 0 radical (unpaired) electrons. The highest BCUT2D eigenvalue weighted by atomic mass is 79.9. The fraction of sp³-hybridized carbons (Fsp3) is 0.545. The Kier molecular flexibility index (Phi) is 6.28. The van der Waals surface area contributed by atoms with Crippen LogP contribution in [0.5, 0.6) is 0 Å². The third-order valence-electron chi connectivity index (χ3n) is 2.08. The summed E-state index contributed by atoms with van der Waals surface area (Å²) in [5, 5.41) is 0.0189. The maximum Gasteiger partial charge on any atom is 0.0696 e. The summed E-state index contributed by atoms with van der Waals surface area (Å²) in [5.74, 6) is 0. The molecule has 0 fully saturated rings. The van der Waals surface area contributed by atoms with E-state index in [-0.39, 0.29) is 5.38 Å². The number of hydrogen-bond acceptors (Lipinski definition) is 3. The number of halogens is 2. The van der Waals surface area contributed by atoms with E-state index in [1.165, 1.54) is 0 Å². The van der Waals surface area contributed by atoms with Crippen LogP contribution < -0.4 is 0 Å². The largest absolute Gasteiger partial charge is 0.383 e. The average molecular weight is 308 g/mol. The Morgan fingerprint density at radius 1 is 1.56 bits per heavy atom. The van der Waals surface area contributed by atoms with Gasteiger partial charge in [0.2, 0.25) is 0 Å². The van der Waals surface area contributed by atoms with Gasteiger partial charge in [0.1, 0.15) is 0 Å². The molecular weight excluding hydrogens is 291 g/mol. The zero-order valence-electron chi connectivity index (χ0n) is 9.49. The third-order valence-corrected chi connectivity index (χ3v) is 2.81. The SMILES string of the molecule is COCC(Cl)CN(C)Cc1ccc(Br)cn1. The minimum absolute atomic E-state index is 0.0189. The van der Waals surface area contributed by atoms with Gasteiger partial charge in [-0.15, -0.1) is 11.6 Å². The first kappa shape index (κ1) is 13.9. The molecule has 1 heterocycles. The predicted octanol–water partition coefficient (Wildman–Crippen LogP) is 2.53. The maximum absolute atomic E-state index is 6.07. The molecule has 0 saturated carbocycles. The maximum atomic E-state index is 6.07. The Balaban J connectivity index is 2.39. The molecule has 1 atom stereocenters. The van der Waals surface area contributed by atoms with Gasteiger partial charge < -0.3 is 4.74 Å². The standard InChI is InChI=1S/C11H16BrClN2O/c1-15(6-10(13)8-16-2)7-11-4-3-9(12)5-14-11/h3-5,10H,6-8H2,1-2H3. The van der Waals surface area contributed by atoms with Crippen LogP contribution in [0.3, 0.4) is 0 Å². The molecule has 1 unspecified atom stereocenters. The molecular formula is C11H16BrClN2O. The smallest absolute Gasteiger partial charge is 0.0696 e. The average Bonchev–Trinajstić information content (AvgIpc) is 2.21. The summed E-state index contributed by atoms with van der Waals surface area (Å²) in [7, 11) is 3.68. The first-order valence-electron chi connectivity index (χ1n) is 5.04. The Morgan fingerprint density at radius 2 is 2.31 bits per heavy atom. The fourth-order valence-corrected chi connectivity index (χ4v) is 2.01. The highest BCUT2D eigenvalue weighted by molar-refractivity contribution is 9.10. The van der Waals surface area contributed by atoms with Crippen molar-refractivity contribution in [2.75, 3.05) is 27.3 Å². The van der Waals surface area contributed by atoms with E-state index < -0.39 is 0 Å². The lowest BCUT2D eigenvalue weighted by molar-refractivity contribution is 0.181. The lowest BCUT2D eigenvalue weighted by Gasteiger charge is -2.19. The van der Waals surface area contributed by atoms with Crippen LogP contribution in [0.4, 0.5) is 0 Å². The van der Waals surface area contributed by atoms with Gasteiger partial charge in [-0.2, -0.15) is 0 Å². The first-order valence-corrected chi connectivity index (χ1v) is 6.26. The lowest BCUT2D eigenvalue weighted by Crippen LogP contribution is -2.28. The topological polar surface area (TPSA) is 25.4 Å². The minimum Gasteiger partial charge on any atom is -0.383 e. The molecule has 0 amide bonds. The van der Waals surface area contributed by atoms with E-state index >= 15 is 0 Å². The number of aromatic nitrogens is 1. The summed E-state index contributed by atoms with van der Waals surface area (Å²) >= 11 is 9.43. The monoisotopic (exact) mass is 306 g/mol. The van der Waals surface area contributed by atoms with Gasteiger partial charge >= 0.3 is 0 Å². The Bertz CT molecular complexity index is 307. The van der Waals surface area contributed by atoms with Gasteiger partial charge in [0.25, 0.3) is 0 Å². The molecule has 0 aliphatic heterocycles. The third kappa shape index (κ3) is 5.25. The zero-order chi connectivity index (χ0) is 12.0. The number of nitrogens with zero attached hydrogens (tertiary/aromatic N) is 2. The Labute approximate surface area is 110 Å². The van der Waals surface area contributed by atoms with Gasteiger partial charge in [-0.1, -0.05) is 0 Å². The fourth-order valence-electron chi connectivity index (χ4n) is 1.41. The van der Waals surface area contributed by atoms with Gasteiger partial charge in [0.15, 0.2) is 0 Å². The van der Waals surface area contributed by atoms with E-state index in [1.807, 2.05) is 19.2 Å². The molecule has 1 aromatic heterocycles. The molecule has 1 aromatic rings. The van der Waals surface area contributed by atoms with E-state index in [2.05, 4.69) is 25.8 Å². The molecule has 3 nitrogen and oxygen atoms in total. The summed E-state index contributed by atoms with van der Waals surface area (Å²) in [6.07, 6.45) is 1.80. The number of alkyl halides is 1. The number of pyridine rings is 1. The number of ether oxygens (including phenoxy) is 1. The lowest BCUT2D eigenvalue weighted by atomic mass is 10.3. The summed E-state index contributed by atoms with van der Waals surface area (Å²) in [6.45, 7) is 2.15. The van der Waals surface area contributed by atoms with Gasteiger partial charge in [-0.25, -0.2) is 0 Å². The minimum atomic E-state index is 0.0189. The van der Waals surface area contributed by atoms with Crippen LogP contribution in [-0.2, 0) is 11.3 Å². The van der Waals surface area contributed by atoms with Crippen molar-refractivity contribution >= 4 is 27.5 Å². The molecule has 1 rings (SSSR count). The van der Waals surface area contributed by atoms with Crippen LogP contribution in [0.25, 0.3) is 0 Å². The van der Waals surface area contributed by atoms with Crippen LogP contribution in [0.2, 0.25) is 0 Å². The number of hydrogen-bond donors (Lipinski definition) is 0. The van der Waals surface area contributed by atoms with Crippen LogP contribution >= 0.6 is 27.5 Å². The summed E-state index contributed by atoms with van der Waals surface area (Å²) in [4.78, 5) is 6.44. The Hall–Kier alpha value is -0.160. The van der Waals surface area contributed by atoms with Crippen LogP contribution in [0.1, 0.15) is 5.69 Å². The highest BCUT2D eigenvalue weighted by Gasteiger charge is 2.08. The quantitative estimate of drug-likeness (QED) is 0.755. The second-order valence-corrected chi connectivity index (χ2v) is 5.25. The van der Waals surface area contributed by atoms with Crippen LogP contribution in [0.15, 0.2) is 22.8 Å². The molecule has 0 bridgehead atoms. The van der Waals surface area contributed by atoms with E-state index in [0.29, 0.717) is 6.61 Å². The van der Waals surface area contributed by atoms with E-state index in [4.69, 9.17) is 16.3 Å². The van der Waals surface area contributed by atoms with E-state index in [0.717, 1.165) is 23.3 Å². The number of rotatable bonds is 6. The molecule has 5 heteroatoms. The molecule has 0 N–H and O–H groups in total. The van der Waals surface area contributed by atoms with Crippen LogP contribution in [0, 0.1) is 0 Å². The van der Waals surface area contributed by atoms with Crippen molar-refractivity contribution in [2.24, 2.45) is 0 Å². The van der Waals surface area contributed by atoms with E-state index in [9.17, 15) is 0 Å². The van der Waals surface area contributed by atoms with Gasteiger partial charge in [0, 0.05) is 30.9 Å². The van der Waals surface area contributed by atoms with Crippen molar-refractivity contribution in [2.45, 2.75) is 11.9 Å². The van der Waals surface area contributed by atoms with Crippen molar-refractivity contribution in [3.63, 3.8) is 0 Å². The first-order chi connectivity index (χ1) is 7.61. The molecule has 0 aromatic carbocycles. The Morgan fingerprint density at radius 3 is 2.88 bits per heavy atom. The molecule has 0 aliphatic rings. The van der Waals surface area contributed by atoms with Crippen LogP contribution in [-0.4, -0.2) is 42.6 Å². The highest BCUT2D eigenvalue weighted by Crippen LogP contribution is 2.09. The van der Waals surface area contributed by atoms with Gasteiger partial charge in [-0.3, -0.25) is 9.88 Å². The molecule has 0 saturated heterocycles. The van der Waals surface area contributed by atoms with Crippen molar-refractivity contribution in [3.8, 4) is 0 Å². The number of methoxy groups -OCH3 is 1. The van der Waals surface area contributed by atoms with Crippen molar-refractivity contribution in [1.29, 1.82) is 0 Å². The van der Waals surface area contributed by atoms with Gasteiger partial charge in [-0.05, 0) is 35.1 Å². The summed E-state index contributed by atoms with van der Waals surface area (Å²) in [5.41, 5.74) is 1.03. The summed E-state index contributed by atoms with van der Waals surface area (Å²) in [6, 6.07) is 3.99. The second kappa shape index (κ2) is 7.22. The molecule has 90 valence electrons. The zero-order valence-corrected chi connectivity index (χ0v) is 11.8. The predicted molar refractivity (Wildman–Crippen MR) is 69.8 cm³/mol. The normalized spacial score (nSPS) is 13.1. The molecule has 16 heavy (non-hydrogen) atoms. The van der Waals surface area contributed by atoms with Crippen molar-refractivity contribution in [3.05, 3.63) is 28.5 Å². The van der Waals surface area contributed by atoms with E-state index in [1.54, 1.807) is 13.3 Å². The summed E-state index contributed by atoms with van der Waals surface area (Å²) < 4.78 is 5.98. The molecule has 0 spiro atoms. The van der Waals surface area contributed by atoms with Crippen molar-refractivity contribution < 1.29 is 4.74 Å². The van der Waals surface area contributed by atoms with Gasteiger partial charge in [0.05, 0.1) is 17.7 Å². The van der Waals surface area contributed by atoms with Crippen molar-refractivity contribution in [1.82, 2.24) is 9.88 Å².